The van der Waals surface area contributed by atoms with Crippen LogP contribution in [0.5, 0.6) is 5.88 Å². The zero-order chi connectivity index (χ0) is 18.1. The number of carbonyl (C=O) groups excluding carboxylic acids is 1. The monoisotopic (exact) mass is 363 g/mol. The van der Waals surface area contributed by atoms with Gasteiger partial charge in [-0.15, -0.1) is 0 Å². The number of ether oxygens (including phenoxy) is 2. The second kappa shape index (κ2) is 9.86. The van der Waals surface area contributed by atoms with E-state index < -0.39 is 0 Å². The molecule has 0 bridgehead atoms. The van der Waals surface area contributed by atoms with E-state index in [2.05, 4.69) is 15.6 Å². The summed E-state index contributed by atoms with van der Waals surface area (Å²) in [6, 6.07) is 10.6. The molecule has 6 nitrogen and oxygen atoms in total. The molecule has 2 N–H and O–H groups in total. The van der Waals surface area contributed by atoms with Crippen molar-refractivity contribution in [2.45, 2.75) is 19.5 Å². The SMILES string of the molecule is COCCOc1ccc(CNC(=O)NC(C)c2ccccc2Cl)cn1. The van der Waals surface area contributed by atoms with Gasteiger partial charge in [-0.3, -0.25) is 0 Å². The number of carbonyl (C=O) groups is 1. The third kappa shape index (κ3) is 6.25. The van der Waals surface area contributed by atoms with Crippen LogP contribution in [0.15, 0.2) is 42.6 Å². The van der Waals surface area contributed by atoms with E-state index in [1.165, 1.54) is 0 Å². The van der Waals surface area contributed by atoms with E-state index in [-0.39, 0.29) is 12.1 Å². The quantitative estimate of drug-likeness (QED) is 0.706. The molecule has 1 atom stereocenters. The normalized spacial score (nSPS) is 11.6. The van der Waals surface area contributed by atoms with Crippen molar-refractivity contribution in [3.8, 4) is 5.88 Å². The summed E-state index contributed by atoms with van der Waals surface area (Å²) in [4.78, 5) is 16.2. The second-order valence-corrected chi connectivity index (χ2v) is 5.82. The van der Waals surface area contributed by atoms with Gasteiger partial charge in [0.1, 0.15) is 6.61 Å². The van der Waals surface area contributed by atoms with Crippen molar-refractivity contribution in [2.75, 3.05) is 20.3 Å². The average Bonchev–Trinajstić information content (AvgIpc) is 2.61. The van der Waals surface area contributed by atoms with E-state index in [1.807, 2.05) is 31.2 Å². The van der Waals surface area contributed by atoms with Crippen molar-refractivity contribution in [3.05, 3.63) is 58.7 Å². The van der Waals surface area contributed by atoms with Gasteiger partial charge in [0.25, 0.3) is 0 Å². The molecule has 134 valence electrons. The van der Waals surface area contributed by atoms with Crippen LogP contribution in [-0.2, 0) is 11.3 Å². The summed E-state index contributed by atoms with van der Waals surface area (Å²) in [6.45, 7) is 3.21. The maximum absolute atomic E-state index is 12.0. The van der Waals surface area contributed by atoms with Gasteiger partial charge < -0.3 is 20.1 Å². The first-order chi connectivity index (χ1) is 12.1. The van der Waals surface area contributed by atoms with E-state index in [0.29, 0.717) is 30.7 Å². The van der Waals surface area contributed by atoms with Crippen molar-refractivity contribution in [2.24, 2.45) is 0 Å². The zero-order valence-electron chi connectivity index (χ0n) is 14.3. The number of pyridine rings is 1. The molecule has 2 amide bonds. The molecule has 0 fully saturated rings. The van der Waals surface area contributed by atoms with Crippen molar-refractivity contribution in [1.82, 2.24) is 15.6 Å². The molecule has 0 saturated carbocycles. The van der Waals surface area contributed by atoms with Crippen molar-refractivity contribution < 1.29 is 14.3 Å². The molecule has 0 radical (unpaired) electrons. The van der Waals surface area contributed by atoms with Crippen LogP contribution in [0, 0.1) is 0 Å². The maximum atomic E-state index is 12.0. The summed E-state index contributed by atoms with van der Waals surface area (Å²) in [6.07, 6.45) is 1.67. The molecule has 2 rings (SSSR count). The summed E-state index contributed by atoms with van der Waals surface area (Å²) < 4.78 is 10.3. The van der Waals surface area contributed by atoms with E-state index in [9.17, 15) is 4.79 Å². The van der Waals surface area contributed by atoms with Crippen LogP contribution in [0.1, 0.15) is 24.1 Å². The second-order valence-electron chi connectivity index (χ2n) is 5.42. The summed E-state index contributed by atoms with van der Waals surface area (Å²) in [5.74, 6) is 0.526. The molecule has 1 aromatic carbocycles. The van der Waals surface area contributed by atoms with Crippen LogP contribution in [0.25, 0.3) is 0 Å². The number of aromatic nitrogens is 1. The fourth-order valence-corrected chi connectivity index (χ4v) is 2.46. The predicted octanol–water partition coefficient (Wildman–Crippen LogP) is 3.32. The van der Waals surface area contributed by atoms with Gasteiger partial charge in [0.2, 0.25) is 5.88 Å². The first kappa shape index (κ1) is 19.0. The Morgan fingerprint density at radius 2 is 2.04 bits per heavy atom. The summed E-state index contributed by atoms with van der Waals surface area (Å²) in [7, 11) is 1.61. The Labute approximate surface area is 152 Å². The van der Waals surface area contributed by atoms with Gasteiger partial charge in [-0.05, 0) is 24.1 Å². The van der Waals surface area contributed by atoms with E-state index in [0.717, 1.165) is 11.1 Å². The molecule has 1 heterocycles. The summed E-state index contributed by atoms with van der Waals surface area (Å²) >= 11 is 6.14. The third-order valence-corrected chi connectivity index (χ3v) is 3.85. The number of halogens is 1. The van der Waals surface area contributed by atoms with E-state index >= 15 is 0 Å². The topological polar surface area (TPSA) is 72.5 Å². The third-order valence-electron chi connectivity index (χ3n) is 3.51. The molecule has 0 aliphatic heterocycles. The van der Waals surface area contributed by atoms with Gasteiger partial charge in [-0.1, -0.05) is 35.9 Å². The highest BCUT2D eigenvalue weighted by molar-refractivity contribution is 6.31. The minimum absolute atomic E-state index is 0.191. The molecular weight excluding hydrogens is 342 g/mol. The number of amides is 2. The number of hydrogen-bond donors (Lipinski definition) is 2. The van der Waals surface area contributed by atoms with Gasteiger partial charge in [0, 0.05) is 30.9 Å². The molecule has 25 heavy (non-hydrogen) atoms. The molecule has 1 aromatic heterocycles. The first-order valence-electron chi connectivity index (χ1n) is 7.95. The number of nitrogens with one attached hydrogen (secondary N) is 2. The van der Waals surface area contributed by atoms with Gasteiger partial charge in [0.15, 0.2) is 0 Å². The summed E-state index contributed by atoms with van der Waals surface area (Å²) in [5.41, 5.74) is 1.75. The molecule has 0 spiro atoms. The van der Waals surface area contributed by atoms with Crippen molar-refractivity contribution >= 4 is 17.6 Å². The maximum Gasteiger partial charge on any atom is 0.315 e. The van der Waals surface area contributed by atoms with Crippen LogP contribution < -0.4 is 15.4 Å². The fourth-order valence-electron chi connectivity index (χ4n) is 2.16. The number of benzene rings is 1. The zero-order valence-corrected chi connectivity index (χ0v) is 15.0. The highest BCUT2D eigenvalue weighted by Crippen LogP contribution is 2.21. The van der Waals surface area contributed by atoms with Crippen LogP contribution in [0.3, 0.4) is 0 Å². The van der Waals surface area contributed by atoms with Gasteiger partial charge in [-0.25, -0.2) is 9.78 Å². The number of urea groups is 1. The molecule has 1 unspecified atom stereocenters. The van der Waals surface area contributed by atoms with Crippen molar-refractivity contribution in [3.63, 3.8) is 0 Å². The number of rotatable bonds is 8. The standard InChI is InChI=1S/C18H22ClN3O3/c1-13(15-5-3-4-6-16(15)19)22-18(23)21-12-14-7-8-17(20-11-14)25-10-9-24-2/h3-8,11,13H,9-10,12H2,1-2H3,(H2,21,22,23). The lowest BCUT2D eigenvalue weighted by atomic mass is 10.1. The average molecular weight is 364 g/mol. The van der Waals surface area contributed by atoms with Crippen LogP contribution >= 0.6 is 11.6 Å². The highest BCUT2D eigenvalue weighted by atomic mass is 35.5. The van der Waals surface area contributed by atoms with Gasteiger partial charge in [-0.2, -0.15) is 0 Å². The van der Waals surface area contributed by atoms with Gasteiger partial charge in [0.05, 0.1) is 12.6 Å². The van der Waals surface area contributed by atoms with Crippen LogP contribution in [-0.4, -0.2) is 31.3 Å². The smallest absolute Gasteiger partial charge is 0.315 e. The fraction of sp³-hybridized carbons (Fsp3) is 0.333. The number of hydrogen-bond acceptors (Lipinski definition) is 4. The number of methoxy groups -OCH3 is 1. The van der Waals surface area contributed by atoms with Crippen LogP contribution in [0.2, 0.25) is 5.02 Å². The Kier molecular flexibility index (Phi) is 7.50. The molecule has 0 aliphatic carbocycles. The predicted molar refractivity (Wildman–Crippen MR) is 96.8 cm³/mol. The molecule has 2 aromatic rings. The lowest BCUT2D eigenvalue weighted by Gasteiger charge is -2.16. The van der Waals surface area contributed by atoms with E-state index in [1.54, 1.807) is 25.4 Å². The van der Waals surface area contributed by atoms with Gasteiger partial charge >= 0.3 is 6.03 Å². The molecular formula is C18H22ClN3O3. The number of nitrogens with zero attached hydrogens (tertiary/aromatic N) is 1. The van der Waals surface area contributed by atoms with Crippen LogP contribution in [0.4, 0.5) is 4.79 Å². The largest absolute Gasteiger partial charge is 0.475 e. The van der Waals surface area contributed by atoms with Crippen molar-refractivity contribution in [1.29, 1.82) is 0 Å². The van der Waals surface area contributed by atoms with E-state index in [4.69, 9.17) is 21.1 Å². The molecule has 7 heteroatoms. The minimum Gasteiger partial charge on any atom is -0.475 e. The summed E-state index contributed by atoms with van der Waals surface area (Å²) in [5, 5.41) is 6.28. The highest BCUT2D eigenvalue weighted by Gasteiger charge is 2.11. The Morgan fingerprint density at radius 1 is 1.24 bits per heavy atom. The lowest BCUT2D eigenvalue weighted by molar-refractivity contribution is 0.143. The minimum atomic E-state index is -0.271. The Balaban J connectivity index is 1.78. The lowest BCUT2D eigenvalue weighted by Crippen LogP contribution is -2.36. The Hall–Kier alpha value is -2.31. The molecule has 0 aliphatic rings. The Morgan fingerprint density at radius 3 is 2.72 bits per heavy atom. The molecule has 0 saturated heterocycles. The first-order valence-corrected chi connectivity index (χ1v) is 8.33. The Bertz CT molecular complexity index is 680.